The molecule has 0 spiro atoms. The number of nitrogens with one attached hydrogen (secondary N) is 1. The predicted molar refractivity (Wildman–Crippen MR) is 105 cm³/mol. The topological polar surface area (TPSA) is 81.5 Å². The molecule has 0 fully saturated rings. The number of aromatic nitrogens is 3. The van der Waals surface area contributed by atoms with Crippen LogP contribution in [0.15, 0.2) is 52.6 Å². The van der Waals surface area contributed by atoms with E-state index in [1.54, 1.807) is 32.6 Å². The van der Waals surface area contributed by atoms with E-state index in [2.05, 4.69) is 15.1 Å². The first kappa shape index (κ1) is 16.8. The lowest BCUT2D eigenvalue weighted by atomic mass is 10.2. The number of aromatic amines is 1. The Labute approximate surface area is 154 Å². The molecule has 2 aromatic heterocycles. The molecule has 0 saturated carbocycles. The number of methoxy groups -OCH3 is 2. The van der Waals surface area contributed by atoms with Crippen LogP contribution in [0.3, 0.4) is 0 Å². The summed E-state index contributed by atoms with van der Waals surface area (Å²) in [5.41, 5.74) is 3.58. The molecule has 0 amide bonds. The molecule has 0 aliphatic rings. The third-order valence-electron chi connectivity index (χ3n) is 4.38. The van der Waals surface area contributed by atoms with Gasteiger partial charge in [-0.1, -0.05) is 11.6 Å². The molecule has 0 bridgehead atoms. The van der Waals surface area contributed by atoms with Crippen molar-refractivity contribution in [3.8, 4) is 11.5 Å². The van der Waals surface area contributed by atoms with E-state index >= 15 is 0 Å². The number of rotatable bonds is 4. The van der Waals surface area contributed by atoms with Crippen molar-refractivity contribution in [1.29, 1.82) is 0 Å². The number of hydrogen-bond donors (Lipinski definition) is 1. The second-order valence-corrected chi connectivity index (χ2v) is 6.15. The van der Waals surface area contributed by atoms with Crippen LogP contribution in [0.4, 0.5) is 0 Å². The minimum atomic E-state index is -0.259. The molecule has 0 atom stereocenters. The number of ether oxygens (including phenoxy) is 2. The maximum Gasteiger partial charge on any atom is 0.298 e. The Kier molecular flexibility index (Phi) is 4.12. The van der Waals surface area contributed by atoms with Gasteiger partial charge in [0.25, 0.3) is 5.56 Å². The lowest BCUT2D eigenvalue weighted by Gasteiger charge is -2.07. The first-order chi connectivity index (χ1) is 13.1. The highest BCUT2D eigenvalue weighted by atomic mass is 16.5. The Morgan fingerprint density at radius 1 is 1.11 bits per heavy atom. The fraction of sp³-hybridized carbons (Fsp3) is 0.150. The second kappa shape index (κ2) is 6.60. The van der Waals surface area contributed by atoms with E-state index in [9.17, 15) is 4.79 Å². The summed E-state index contributed by atoms with van der Waals surface area (Å²) >= 11 is 0. The number of benzene rings is 2. The zero-order valence-electron chi connectivity index (χ0n) is 15.2. The van der Waals surface area contributed by atoms with E-state index in [4.69, 9.17) is 9.47 Å². The van der Waals surface area contributed by atoms with Gasteiger partial charge in [-0.05, 0) is 42.8 Å². The predicted octanol–water partition coefficient (Wildman–Crippen LogP) is 3.09. The monoisotopic (exact) mass is 362 g/mol. The molecule has 0 aliphatic heterocycles. The van der Waals surface area contributed by atoms with Crippen LogP contribution in [-0.2, 0) is 0 Å². The minimum Gasteiger partial charge on any atom is -0.493 e. The summed E-state index contributed by atoms with van der Waals surface area (Å²) in [6.45, 7) is 2.01. The standard InChI is InChI=1S/C20H18N4O3/c1-12-4-6-15-14(8-12)18-19(23-15)20(25)24(11-21-18)22-10-13-5-7-16(26-2)17(9-13)27-3/h4-11,23H,1-3H3/b22-10-. The summed E-state index contributed by atoms with van der Waals surface area (Å²) in [5.74, 6) is 1.22. The van der Waals surface area contributed by atoms with Gasteiger partial charge in [-0.15, -0.1) is 0 Å². The van der Waals surface area contributed by atoms with Crippen molar-refractivity contribution in [2.45, 2.75) is 6.92 Å². The van der Waals surface area contributed by atoms with Crippen LogP contribution in [0.1, 0.15) is 11.1 Å². The highest BCUT2D eigenvalue weighted by Crippen LogP contribution is 2.27. The maximum atomic E-state index is 12.8. The average Bonchev–Trinajstić information content (AvgIpc) is 3.06. The van der Waals surface area contributed by atoms with Crippen LogP contribution in [0.5, 0.6) is 11.5 Å². The van der Waals surface area contributed by atoms with Gasteiger partial charge in [0.05, 0.1) is 20.4 Å². The molecule has 0 saturated heterocycles. The van der Waals surface area contributed by atoms with Crippen LogP contribution >= 0.6 is 0 Å². The Bertz CT molecular complexity index is 1240. The summed E-state index contributed by atoms with van der Waals surface area (Å²) in [4.78, 5) is 20.3. The van der Waals surface area contributed by atoms with Crippen LogP contribution in [0.2, 0.25) is 0 Å². The Balaban J connectivity index is 1.76. The molecule has 136 valence electrons. The van der Waals surface area contributed by atoms with Crippen LogP contribution in [0, 0.1) is 6.92 Å². The molecule has 7 heteroatoms. The van der Waals surface area contributed by atoms with Gasteiger partial charge in [-0.25, -0.2) is 4.98 Å². The van der Waals surface area contributed by atoms with Gasteiger partial charge in [0.15, 0.2) is 11.5 Å². The first-order valence-electron chi connectivity index (χ1n) is 8.37. The number of aryl methyl sites for hydroxylation is 1. The molecule has 2 heterocycles. The summed E-state index contributed by atoms with van der Waals surface area (Å²) in [5, 5.41) is 5.17. The van der Waals surface area contributed by atoms with Gasteiger partial charge in [0.1, 0.15) is 17.4 Å². The highest BCUT2D eigenvalue weighted by Gasteiger charge is 2.10. The number of hydrogen-bond acceptors (Lipinski definition) is 5. The normalized spacial score (nSPS) is 11.5. The van der Waals surface area contributed by atoms with Crippen molar-refractivity contribution >= 4 is 28.2 Å². The number of fused-ring (bicyclic) bond motifs is 3. The molecule has 0 radical (unpaired) electrons. The van der Waals surface area contributed by atoms with Gasteiger partial charge >= 0.3 is 0 Å². The van der Waals surface area contributed by atoms with Crippen molar-refractivity contribution in [3.05, 3.63) is 64.2 Å². The largest absolute Gasteiger partial charge is 0.493 e. The molecular formula is C20H18N4O3. The summed E-state index contributed by atoms with van der Waals surface area (Å²) in [6, 6.07) is 11.3. The third-order valence-corrected chi connectivity index (χ3v) is 4.38. The molecule has 27 heavy (non-hydrogen) atoms. The molecule has 2 aromatic carbocycles. The SMILES string of the molecule is COc1ccc(/C=N\n2cnc3c([nH]c4ccc(C)cc43)c2=O)cc1OC. The fourth-order valence-corrected chi connectivity index (χ4v) is 3.00. The Morgan fingerprint density at radius 3 is 2.70 bits per heavy atom. The molecule has 0 unspecified atom stereocenters. The molecular weight excluding hydrogens is 344 g/mol. The van der Waals surface area contributed by atoms with Crippen LogP contribution < -0.4 is 15.0 Å². The average molecular weight is 362 g/mol. The van der Waals surface area contributed by atoms with E-state index in [0.717, 1.165) is 22.0 Å². The minimum absolute atomic E-state index is 0.259. The molecule has 4 aromatic rings. The van der Waals surface area contributed by atoms with Gasteiger partial charge in [-0.3, -0.25) is 4.79 Å². The number of H-pyrrole nitrogens is 1. The van der Waals surface area contributed by atoms with Crippen molar-refractivity contribution in [3.63, 3.8) is 0 Å². The number of nitrogens with zero attached hydrogens (tertiary/aromatic N) is 3. The van der Waals surface area contributed by atoms with E-state index in [-0.39, 0.29) is 5.56 Å². The second-order valence-electron chi connectivity index (χ2n) is 6.15. The summed E-state index contributed by atoms with van der Waals surface area (Å²) in [7, 11) is 3.15. The quantitative estimate of drug-likeness (QED) is 0.566. The molecule has 1 N–H and O–H groups in total. The first-order valence-corrected chi connectivity index (χ1v) is 8.37. The lowest BCUT2D eigenvalue weighted by molar-refractivity contribution is 0.355. The van der Waals surface area contributed by atoms with Crippen LogP contribution in [-0.4, -0.2) is 35.1 Å². The zero-order chi connectivity index (χ0) is 19.0. The van der Waals surface area contributed by atoms with Crippen molar-refractivity contribution in [1.82, 2.24) is 14.6 Å². The van der Waals surface area contributed by atoms with Crippen molar-refractivity contribution in [2.75, 3.05) is 14.2 Å². The third kappa shape index (κ3) is 2.93. The molecule has 4 rings (SSSR count). The van der Waals surface area contributed by atoms with Crippen LogP contribution in [0.25, 0.3) is 21.9 Å². The summed E-state index contributed by atoms with van der Waals surface area (Å²) < 4.78 is 11.7. The summed E-state index contributed by atoms with van der Waals surface area (Å²) in [6.07, 6.45) is 3.00. The van der Waals surface area contributed by atoms with Gasteiger partial charge < -0.3 is 14.5 Å². The van der Waals surface area contributed by atoms with Crippen molar-refractivity contribution in [2.24, 2.45) is 5.10 Å². The van der Waals surface area contributed by atoms with E-state index < -0.39 is 0 Å². The van der Waals surface area contributed by atoms with E-state index in [1.807, 2.05) is 31.2 Å². The van der Waals surface area contributed by atoms with Gasteiger partial charge in [-0.2, -0.15) is 9.78 Å². The smallest absolute Gasteiger partial charge is 0.298 e. The van der Waals surface area contributed by atoms with Gasteiger partial charge in [0.2, 0.25) is 0 Å². The van der Waals surface area contributed by atoms with E-state index in [1.165, 1.54) is 11.0 Å². The Morgan fingerprint density at radius 2 is 1.93 bits per heavy atom. The lowest BCUT2D eigenvalue weighted by Crippen LogP contribution is -2.17. The Hall–Kier alpha value is -3.61. The van der Waals surface area contributed by atoms with Gasteiger partial charge in [0, 0.05) is 10.9 Å². The molecule has 7 nitrogen and oxygen atoms in total. The fourth-order valence-electron chi connectivity index (χ4n) is 3.00. The highest BCUT2D eigenvalue weighted by molar-refractivity contribution is 6.04. The van der Waals surface area contributed by atoms with Crippen molar-refractivity contribution < 1.29 is 9.47 Å². The van der Waals surface area contributed by atoms with E-state index in [0.29, 0.717) is 22.5 Å². The maximum absolute atomic E-state index is 12.8. The zero-order valence-corrected chi connectivity index (χ0v) is 15.2. The molecule has 0 aliphatic carbocycles.